The Morgan fingerprint density at radius 2 is 1.82 bits per heavy atom. The van der Waals surface area contributed by atoms with Gasteiger partial charge in [0, 0.05) is 23.5 Å². The van der Waals surface area contributed by atoms with Gasteiger partial charge in [-0.15, -0.1) is 0 Å². The molecule has 0 aromatic heterocycles. The fourth-order valence-corrected chi connectivity index (χ4v) is 0.947. The van der Waals surface area contributed by atoms with Gasteiger partial charge in [0.15, 0.2) is 0 Å². The minimum atomic E-state index is -0.757. The molecule has 0 heterocycles. The number of nitrogen functional groups attached to an aromatic ring is 1. The molecule has 92 valence electrons. The van der Waals surface area contributed by atoms with Crippen LogP contribution >= 0.6 is 0 Å². The van der Waals surface area contributed by atoms with E-state index in [-0.39, 0.29) is 29.5 Å². The highest BCUT2D eigenvalue weighted by molar-refractivity contribution is 6.02. The topological polar surface area (TPSA) is 112 Å². The number of benzene rings is 1. The van der Waals surface area contributed by atoms with Gasteiger partial charge in [-0.05, 0) is 24.3 Å². The van der Waals surface area contributed by atoms with Crippen LogP contribution in [0.3, 0.4) is 0 Å². The molecule has 0 saturated heterocycles. The van der Waals surface area contributed by atoms with E-state index < -0.39 is 11.8 Å². The van der Waals surface area contributed by atoms with Gasteiger partial charge in [-0.25, -0.2) is 4.79 Å². The summed E-state index contributed by atoms with van der Waals surface area (Å²) in [6.07, 6.45) is 1.90. The average molecular weight is 348 g/mol. The zero-order valence-electron chi connectivity index (χ0n) is 8.72. The van der Waals surface area contributed by atoms with E-state index >= 15 is 0 Å². The van der Waals surface area contributed by atoms with Gasteiger partial charge in [-0.1, -0.05) is 0 Å². The van der Waals surface area contributed by atoms with Crippen molar-refractivity contribution in [3.8, 4) is 0 Å². The first-order valence-electron chi connectivity index (χ1n) is 4.45. The molecular formula is C10H11IN3O3-. The number of primary amides is 1. The Morgan fingerprint density at radius 3 is 2.35 bits per heavy atom. The quantitative estimate of drug-likeness (QED) is 0.226. The highest BCUT2D eigenvalue weighted by atomic mass is 127. The monoisotopic (exact) mass is 348 g/mol. The molecular weight excluding hydrogens is 337 g/mol. The molecule has 5 N–H and O–H groups in total. The van der Waals surface area contributed by atoms with Gasteiger partial charge >= 0.3 is 5.91 Å². The summed E-state index contributed by atoms with van der Waals surface area (Å²) >= 11 is 0. The molecule has 0 fully saturated rings. The van der Waals surface area contributed by atoms with Crippen molar-refractivity contribution < 1.29 is 39.0 Å². The molecule has 17 heavy (non-hydrogen) atoms. The Labute approximate surface area is 115 Å². The maximum atomic E-state index is 11.2. The van der Waals surface area contributed by atoms with E-state index in [4.69, 9.17) is 5.73 Å². The Hall–Kier alpha value is -1.45. The molecule has 1 aromatic rings. The standard InChI is InChI=1S/C10H11N3O3.HI/c11-7-1-3-8(4-2-7)12-9(14)5-6-10(15)13-16;/h1-6H,11,13H2,(H,12,14);1H/p-1/b6-5-;. The maximum absolute atomic E-state index is 11.2. The number of carbonyl (C=O) groups is 2. The molecule has 0 atom stereocenters. The lowest BCUT2D eigenvalue weighted by atomic mass is 10.3. The van der Waals surface area contributed by atoms with Gasteiger partial charge in [-0.3, -0.25) is 4.79 Å². The number of hydroxylamine groups is 1. The second kappa shape index (κ2) is 7.76. The minimum Gasteiger partial charge on any atom is -1.00 e. The van der Waals surface area contributed by atoms with E-state index in [0.29, 0.717) is 11.4 Å². The smallest absolute Gasteiger partial charge is 0.335 e. The van der Waals surface area contributed by atoms with E-state index in [0.717, 1.165) is 12.2 Å². The van der Waals surface area contributed by atoms with Crippen LogP contribution in [0, 0.1) is 5.21 Å². The molecule has 0 aliphatic rings. The molecule has 0 aliphatic carbocycles. The van der Waals surface area contributed by atoms with Crippen LogP contribution in [-0.2, 0) is 9.59 Å². The van der Waals surface area contributed by atoms with Crippen molar-refractivity contribution >= 4 is 23.2 Å². The zero-order valence-corrected chi connectivity index (χ0v) is 10.9. The summed E-state index contributed by atoms with van der Waals surface area (Å²) < 4.78 is 0. The van der Waals surface area contributed by atoms with E-state index in [9.17, 15) is 14.8 Å². The fourth-order valence-electron chi connectivity index (χ4n) is 0.947. The zero-order chi connectivity index (χ0) is 12.0. The third kappa shape index (κ3) is 6.00. The van der Waals surface area contributed by atoms with Gasteiger partial charge < -0.3 is 45.7 Å². The second-order valence-corrected chi connectivity index (χ2v) is 2.96. The van der Waals surface area contributed by atoms with E-state index in [2.05, 4.69) is 5.32 Å². The lowest BCUT2D eigenvalue weighted by molar-refractivity contribution is -0.495. The van der Waals surface area contributed by atoms with Crippen LogP contribution in [0.15, 0.2) is 36.4 Å². The summed E-state index contributed by atoms with van der Waals surface area (Å²) in [6, 6.07) is 6.52. The number of nitrogens with two attached hydrogens (primary N) is 2. The summed E-state index contributed by atoms with van der Waals surface area (Å²) in [5, 5.41) is 12.5. The number of carbonyl (C=O) groups excluding carboxylic acids is 2. The number of anilines is 2. The molecule has 0 spiro atoms. The van der Waals surface area contributed by atoms with Gasteiger partial charge in [0.25, 0.3) is 0 Å². The van der Waals surface area contributed by atoms with Gasteiger partial charge in [0.05, 0.1) is 0 Å². The van der Waals surface area contributed by atoms with Crippen molar-refractivity contribution in [3.63, 3.8) is 0 Å². The predicted octanol–water partition coefficient (Wildman–Crippen LogP) is -3.64. The van der Waals surface area contributed by atoms with Crippen LogP contribution in [0.2, 0.25) is 0 Å². The van der Waals surface area contributed by atoms with Crippen LogP contribution in [0.1, 0.15) is 0 Å². The average Bonchev–Trinajstić information content (AvgIpc) is 2.29. The molecule has 6 nitrogen and oxygen atoms in total. The molecule has 1 rings (SSSR count). The third-order valence-electron chi connectivity index (χ3n) is 1.69. The SMILES string of the molecule is Nc1ccc(NC(=O)/C=C\C(=O)[NH2+][O-])cc1.[I-]. The number of hydrogen-bond donors (Lipinski definition) is 3. The predicted molar refractivity (Wildman–Crippen MR) is 58.9 cm³/mol. The summed E-state index contributed by atoms with van der Waals surface area (Å²) in [6.45, 7) is 0. The molecule has 0 saturated carbocycles. The summed E-state index contributed by atoms with van der Waals surface area (Å²) in [5.74, 6) is -1.24. The largest absolute Gasteiger partial charge is 1.00 e. The van der Waals surface area contributed by atoms with Gasteiger partial charge in [-0.2, -0.15) is 0 Å². The molecule has 1 aromatic carbocycles. The number of quaternary nitrogens is 1. The Morgan fingerprint density at radius 1 is 1.24 bits per heavy atom. The summed E-state index contributed by atoms with van der Waals surface area (Å²) in [7, 11) is 0. The fraction of sp³-hybridized carbons (Fsp3) is 0. The first-order chi connectivity index (χ1) is 7.61. The van der Waals surface area contributed by atoms with Crippen LogP contribution in [0.25, 0.3) is 0 Å². The number of rotatable bonds is 3. The van der Waals surface area contributed by atoms with Crippen LogP contribution in [0.4, 0.5) is 11.4 Å². The van der Waals surface area contributed by atoms with Gasteiger partial charge in [0.1, 0.15) is 0 Å². The molecule has 2 amide bonds. The van der Waals surface area contributed by atoms with Crippen molar-refractivity contribution in [1.82, 2.24) is 0 Å². The van der Waals surface area contributed by atoms with Crippen molar-refractivity contribution in [2.24, 2.45) is 0 Å². The van der Waals surface area contributed by atoms with Crippen LogP contribution in [0.5, 0.6) is 0 Å². The highest BCUT2D eigenvalue weighted by Crippen LogP contribution is 2.10. The maximum Gasteiger partial charge on any atom is 0.335 e. The molecule has 0 radical (unpaired) electrons. The van der Waals surface area contributed by atoms with Crippen molar-refractivity contribution in [1.29, 1.82) is 0 Å². The number of halogens is 1. The van der Waals surface area contributed by atoms with Crippen molar-refractivity contribution in [3.05, 3.63) is 41.6 Å². The number of nitrogens with one attached hydrogen (secondary N) is 1. The minimum absolute atomic E-state index is 0. The summed E-state index contributed by atoms with van der Waals surface area (Å²) in [5.41, 5.74) is 6.74. The highest BCUT2D eigenvalue weighted by Gasteiger charge is 1.99. The first-order valence-corrected chi connectivity index (χ1v) is 4.45. The van der Waals surface area contributed by atoms with Crippen molar-refractivity contribution in [2.75, 3.05) is 11.1 Å². The first kappa shape index (κ1) is 15.6. The molecule has 0 unspecified atom stereocenters. The molecule has 0 bridgehead atoms. The Kier molecular flexibility index (Phi) is 7.10. The summed E-state index contributed by atoms with van der Waals surface area (Å²) in [4.78, 5) is 21.8. The van der Waals surface area contributed by atoms with E-state index in [1.54, 1.807) is 24.3 Å². The normalized spacial score (nSPS) is 9.71. The lowest BCUT2D eigenvalue weighted by Gasteiger charge is -2.01. The Bertz CT molecular complexity index is 417. The molecule has 0 aliphatic heterocycles. The van der Waals surface area contributed by atoms with E-state index in [1.165, 1.54) is 0 Å². The lowest BCUT2D eigenvalue weighted by Crippen LogP contribution is -3.00. The second-order valence-electron chi connectivity index (χ2n) is 2.96. The molecule has 7 heteroatoms. The van der Waals surface area contributed by atoms with E-state index in [1.807, 2.05) is 0 Å². The Balaban J connectivity index is 0.00000256. The van der Waals surface area contributed by atoms with Gasteiger partial charge in [0.2, 0.25) is 5.91 Å². The number of hydrogen-bond acceptors (Lipinski definition) is 4. The van der Waals surface area contributed by atoms with Crippen LogP contribution in [-0.4, -0.2) is 11.8 Å². The van der Waals surface area contributed by atoms with Crippen molar-refractivity contribution in [2.45, 2.75) is 0 Å². The van der Waals surface area contributed by atoms with Crippen LogP contribution < -0.4 is 40.5 Å². The number of amides is 2. The third-order valence-corrected chi connectivity index (χ3v) is 1.69.